The standard InChI is InChI=1S/C29H31BrN2O5S/c1-3-12-31(20-11-10-18-8-5-6-9-19(18)16-20)27(35)25-29-17-21(30)24(38-29)22(28(36)37-15-4-2)23(29)26(34)32(25)13-7-14-33/h3-6,8-11,16,21-25,33H,1-2,7,12-15,17H2/t21?,22-,23+,24-,25?,29?/m1/s1. The lowest BCUT2D eigenvalue weighted by Gasteiger charge is -2.37. The minimum absolute atomic E-state index is 0.0422. The summed E-state index contributed by atoms with van der Waals surface area (Å²) in [7, 11) is 0. The van der Waals surface area contributed by atoms with Crippen molar-refractivity contribution in [3.05, 3.63) is 67.8 Å². The lowest BCUT2D eigenvalue weighted by atomic mass is 9.71. The van der Waals surface area contributed by atoms with E-state index in [-0.39, 0.29) is 48.2 Å². The number of alkyl halides is 1. The van der Waals surface area contributed by atoms with Crippen LogP contribution < -0.4 is 4.90 Å². The van der Waals surface area contributed by atoms with Gasteiger partial charge in [0.1, 0.15) is 12.6 Å². The summed E-state index contributed by atoms with van der Waals surface area (Å²) in [6.45, 7) is 7.96. The van der Waals surface area contributed by atoms with Crippen molar-refractivity contribution in [2.24, 2.45) is 11.8 Å². The van der Waals surface area contributed by atoms with Gasteiger partial charge in [-0.2, -0.15) is 0 Å². The molecule has 5 rings (SSSR count). The normalized spacial score (nSPS) is 29.4. The van der Waals surface area contributed by atoms with Crippen molar-refractivity contribution >= 4 is 61.9 Å². The number of aliphatic hydroxyl groups is 1. The summed E-state index contributed by atoms with van der Waals surface area (Å²) < 4.78 is 4.65. The van der Waals surface area contributed by atoms with Gasteiger partial charge in [0.15, 0.2) is 0 Å². The number of amides is 2. The van der Waals surface area contributed by atoms with E-state index in [1.807, 2.05) is 42.5 Å². The quantitative estimate of drug-likeness (QED) is 0.253. The Bertz CT molecular complexity index is 1290. The van der Waals surface area contributed by atoms with Gasteiger partial charge in [-0.05, 0) is 35.7 Å². The molecule has 9 heteroatoms. The van der Waals surface area contributed by atoms with Crippen molar-refractivity contribution in [3.8, 4) is 0 Å². The van der Waals surface area contributed by atoms with Crippen LogP contribution in [0.3, 0.4) is 0 Å². The summed E-state index contributed by atoms with van der Waals surface area (Å²) in [6.07, 6.45) is 4.11. The second-order valence-corrected chi connectivity index (χ2v) is 12.7. The van der Waals surface area contributed by atoms with Crippen LogP contribution in [0.1, 0.15) is 12.8 Å². The first-order valence-electron chi connectivity index (χ1n) is 12.8. The van der Waals surface area contributed by atoms with Crippen LogP contribution in [0, 0.1) is 11.8 Å². The molecule has 2 amide bonds. The molecule has 38 heavy (non-hydrogen) atoms. The Hall–Kier alpha value is -2.62. The van der Waals surface area contributed by atoms with Crippen molar-refractivity contribution < 1.29 is 24.2 Å². The van der Waals surface area contributed by atoms with E-state index in [0.717, 1.165) is 16.5 Å². The highest BCUT2D eigenvalue weighted by molar-refractivity contribution is 9.09. The number of fused-ring (bicyclic) bond motifs is 2. The predicted octanol–water partition coefficient (Wildman–Crippen LogP) is 3.94. The lowest BCUT2D eigenvalue weighted by Crippen LogP contribution is -2.55. The number of esters is 1. The summed E-state index contributed by atoms with van der Waals surface area (Å²) in [4.78, 5) is 44.9. The first kappa shape index (κ1) is 27.0. The number of carbonyl (C=O) groups is 3. The molecule has 200 valence electrons. The van der Waals surface area contributed by atoms with Gasteiger partial charge in [0, 0.05) is 35.5 Å². The molecule has 7 nitrogen and oxygen atoms in total. The van der Waals surface area contributed by atoms with Gasteiger partial charge in [-0.1, -0.05) is 65.0 Å². The Morgan fingerprint density at radius 1 is 1.21 bits per heavy atom. The molecule has 3 aliphatic rings. The summed E-state index contributed by atoms with van der Waals surface area (Å²) in [5.41, 5.74) is 0.720. The number of hydrogen-bond acceptors (Lipinski definition) is 6. The summed E-state index contributed by atoms with van der Waals surface area (Å²) in [5, 5.41) is 11.5. The van der Waals surface area contributed by atoms with Crippen LogP contribution in [0.25, 0.3) is 10.8 Å². The molecule has 2 aromatic carbocycles. The van der Waals surface area contributed by atoms with Crippen molar-refractivity contribution in [1.82, 2.24) is 4.90 Å². The zero-order chi connectivity index (χ0) is 27.0. The van der Waals surface area contributed by atoms with E-state index in [1.165, 1.54) is 6.08 Å². The highest BCUT2D eigenvalue weighted by Crippen LogP contribution is 2.68. The van der Waals surface area contributed by atoms with Crippen LogP contribution in [0.15, 0.2) is 67.8 Å². The number of halogens is 1. The SMILES string of the molecule is C=CCOC(=O)[C@H]1[C@@H]2SC3(CC2Br)C(C(=O)N(CC=C)c2ccc4ccccc4c2)N(CCCO)C(=O)[C@H]13. The monoisotopic (exact) mass is 598 g/mol. The maximum Gasteiger partial charge on any atom is 0.311 e. The largest absolute Gasteiger partial charge is 0.461 e. The van der Waals surface area contributed by atoms with Gasteiger partial charge < -0.3 is 19.6 Å². The van der Waals surface area contributed by atoms with Crippen molar-refractivity contribution in [2.75, 3.05) is 31.2 Å². The van der Waals surface area contributed by atoms with E-state index < -0.39 is 28.6 Å². The van der Waals surface area contributed by atoms with Crippen LogP contribution in [0.2, 0.25) is 0 Å². The number of benzene rings is 2. The number of aliphatic hydroxyl groups excluding tert-OH is 1. The summed E-state index contributed by atoms with van der Waals surface area (Å²) in [5.74, 6) is -2.18. The third-order valence-electron chi connectivity index (χ3n) is 7.82. The Morgan fingerprint density at radius 3 is 2.68 bits per heavy atom. The van der Waals surface area contributed by atoms with Crippen LogP contribution in [-0.4, -0.2) is 75.0 Å². The fourth-order valence-electron chi connectivity index (χ4n) is 6.34. The van der Waals surface area contributed by atoms with Gasteiger partial charge in [0.2, 0.25) is 5.91 Å². The van der Waals surface area contributed by atoms with E-state index in [0.29, 0.717) is 12.8 Å². The molecule has 1 spiro atoms. The number of rotatable bonds is 10. The molecule has 0 aliphatic carbocycles. The predicted molar refractivity (Wildman–Crippen MR) is 153 cm³/mol. The molecule has 0 radical (unpaired) electrons. The molecule has 0 saturated carbocycles. The highest BCUT2D eigenvalue weighted by Gasteiger charge is 2.76. The summed E-state index contributed by atoms with van der Waals surface area (Å²) in [6, 6.07) is 13.0. The number of hydrogen-bond donors (Lipinski definition) is 1. The molecule has 3 saturated heterocycles. The van der Waals surface area contributed by atoms with Crippen LogP contribution in [0.4, 0.5) is 5.69 Å². The number of nitrogens with zero attached hydrogens (tertiary/aromatic N) is 2. The maximum atomic E-state index is 14.5. The molecular weight excluding hydrogens is 568 g/mol. The third-order valence-corrected chi connectivity index (χ3v) is 11.0. The Labute approximate surface area is 235 Å². The van der Waals surface area contributed by atoms with Gasteiger partial charge in [-0.25, -0.2) is 0 Å². The first-order chi connectivity index (χ1) is 18.4. The fourth-order valence-corrected chi connectivity index (χ4v) is 9.94. The molecule has 3 fully saturated rings. The molecule has 2 aromatic rings. The van der Waals surface area contributed by atoms with Gasteiger partial charge in [-0.15, -0.1) is 18.3 Å². The van der Waals surface area contributed by atoms with Crippen molar-refractivity contribution in [2.45, 2.75) is 33.7 Å². The Kier molecular flexibility index (Phi) is 7.71. The molecule has 2 bridgehead atoms. The molecule has 3 aliphatic heterocycles. The number of anilines is 1. The van der Waals surface area contributed by atoms with Crippen LogP contribution in [-0.2, 0) is 19.1 Å². The smallest absolute Gasteiger partial charge is 0.311 e. The van der Waals surface area contributed by atoms with Gasteiger partial charge in [0.25, 0.3) is 5.91 Å². The number of ether oxygens (including phenoxy) is 1. The summed E-state index contributed by atoms with van der Waals surface area (Å²) >= 11 is 5.32. The average Bonchev–Trinajstić information content (AvgIpc) is 3.51. The minimum atomic E-state index is -0.787. The zero-order valence-corrected chi connectivity index (χ0v) is 23.4. The Morgan fingerprint density at radius 2 is 1.97 bits per heavy atom. The number of likely N-dealkylation sites (tertiary alicyclic amines) is 1. The number of thioether (sulfide) groups is 1. The third kappa shape index (κ3) is 4.28. The van der Waals surface area contributed by atoms with Gasteiger partial charge in [-0.3, -0.25) is 14.4 Å². The molecule has 3 unspecified atom stereocenters. The fraction of sp³-hybridized carbons (Fsp3) is 0.414. The van der Waals surface area contributed by atoms with E-state index in [2.05, 4.69) is 29.1 Å². The van der Waals surface area contributed by atoms with E-state index in [9.17, 15) is 19.5 Å². The molecular formula is C29H31BrN2O5S. The molecule has 6 atom stereocenters. The topological polar surface area (TPSA) is 87.2 Å². The van der Waals surface area contributed by atoms with Crippen LogP contribution in [0.5, 0.6) is 0 Å². The van der Waals surface area contributed by atoms with Gasteiger partial charge in [0.05, 0.1) is 16.6 Å². The van der Waals surface area contributed by atoms with Crippen molar-refractivity contribution in [1.29, 1.82) is 0 Å². The zero-order valence-electron chi connectivity index (χ0n) is 21.0. The molecule has 1 N–H and O–H groups in total. The average molecular weight is 600 g/mol. The van der Waals surface area contributed by atoms with Crippen LogP contribution >= 0.6 is 27.7 Å². The second kappa shape index (κ2) is 10.9. The van der Waals surface area contributed by atoms with E-state index >= 15 is 0 Å². The second-order valence-electron chi connectivity index (χ2n) is 9.96. The number of carbonyl (C=O) groups excluding carboxylic acids is 3. The van der Waals surface area contributed by atoms with Gasteiger partial charge >= 0.3 is 5.97 Å². The highest BCUT2D eigenvalue weighted by atomic mass is 79.9. The Balaban J connectivity index is 1.57. The maximum absolute atomic E-state index is 14.5. The molecule has 0 aromatic heterocycles. The van der Waals surface area contributed by atoms with Crippen molar-refractivity contribution in [3.63, 3.8) is 0 Å². The first-order valence-corrected chi connectivity index (χ1v) is 14.6. The van der Waals surface area contributed by atoms with E-state index in [1.54, 1.807) is 27.6 Å². The minimum Gasteiger partial charge on any atom is -0.461 e. The molecule has 3 heterocycles. The lowest BCUT2D eigenvalue weighted by molar-refractivity contribution is -0.153. The van der Waals surface area contributed by atoms with E-state index in [4.69, 9.17) is 4.74 Å².